The van der Waals surface area contributed by atoms with Crippen molar-refractivity contribution in [2.24, 2.45) is 0 Å². The molecule has 0 aliphatic carbocycles. The third-order valence-corrected chi connectivity index (χ3v) is 3.62. The summed E-state index contributed by atoms with van der Waals surface area (Å²) in [5.74, 6) is -2.43. The van der Waals surface area contributed by atoms with Crippen molar-refractivity contribution in [2.45, 2.75) is 13.3 Å². The summed E-state index contributed by atoms with van der Waals surface area (Å²) in [5.41, 5.74) is 0.841. The topological polar surface area (TPSA) is 111 Å². The van der Waals surface area contributed by atoms with Crippen molar-refractivity contribution in [3.8, 4) is 0 Å². The third kappa shape index (κ3) is 5.41. The highest BCUT2D eigenvalue weighted by Gasteiger charge is 2.18. The molecule has 2 aromatic rings. The Hall–Kier alpha value is -3.68. The molecule has 8 heteroatoms. The second kappa shape index (κ2) is 9.86. The van der Waals surface area contributed by atoms with Crippen LogP contribution in [0.5, 0.6) is 0 Å². The molecular weight excluding hydrogens is 364 g/mol. The minimum absolute atomic E-state index is 0.173. The average molecular weight is 384 g/mol. The van der Waals surface area contributed by atoms with E-state index in [0.717, 1.165) is 0 Å². The summed E-state index contributed by atoms with van der Waals surface area (Å²) in [6, 6.07) is 12.6. The van der Waals surface area contributed by atoms with Crippen molar-refractivity contribution >= 4 is 35.1 Å². The molecule has 0 heterocycles. The zero-order chi connectivity index (χ0) is 20.5. The van der Waals surface area contributed by atoms with E-state index in [1.54, 1.807) is 31.2 Å². The van der Waals surface area contributed by atoms with Gasteiger partial charge in [0.2, 0.25) is 11.8 Å². The van der Waals surface area contributed by atoms with E-state index in [2.05, 4.69) is 15.4 Å². The molecule has 0 fully saturated rings. The van der Waals surface area contributed by atoms with Crippen LogP contribution in [0.15, 0.2) is 48.5 Å². The normalized spacial score (nSPS) is 9.93. The smallest absolute Gasteiger partial charge is 0.340 e. The lowest BCUT2D eigenvalue weighted by Gasteiger charge is -2.11. The van der Waals surface area contributed by atoms with Crippen LogP contribution in [0.1, 0.15) is 34.1 Å². The number of carbonyl (C=O) groups is 4. The van der Waals surface area contributed by atoms with Gasteiger partial charge in [-0.1, -0.05) is 24.3 Å². The molecule has 0 unspecified atom stereocenters. The second-order valence-electron chi connectivity index (χ2n) is 5.58. The van der Waals surface area contributed by atoms with Crippen LogP contribution < -0.4 is 10.6 Å². The summed E-state index contributed by atoms with van der Waals surface area (Å²) in [4.78, 5) is 48.1. The first-order chi connectivity index (χ1) is 13.5. The lowest BCUT2D eigenvalue weighted by molar-refractivity contribution is -0.123. The van der Waals surface area contributed by atoms with E-state index in [-0.39, 0.29) is 29.1 Å². The fraction of sp³-hybridized carbons (Fsp3) is 0.200. The Kier molecular flexibility index (Phi) is 7.27. The van der Waals surface area contributed by atoms with Crippen molar-refractivity contribution in [3.05, 3.63) is 59.7 Å². The van der Waals surface area contributed by atoms with Crippen LogP contribution in [-0.4, -0.2) is 37.5 Å². The number of esters is 2. The van der Waals surface area contributed by atoms with Gasteiger partial charge in [0.15, 0.2) is 0 Å². The van der Waals surface area contributed by atoms with Gasteiger partial charge in [0.25, 0.3) is 0 Å². The van der Waals surface area contributed by atoms with Crippen molar-refractivity contribution < 1.29 is 28.7 Å². The molecule has 0 atom stereocenters. The Morgan fingerprint density at radius 2 is 1.25 bits per heavy atom. The van der Waals surface area contributed by atoms with Gasteiger partial charge in [0, 0.05) is 0 Å². The molecule has 2 N–H and O–H groups in total. The molecule has 0 radical (unpaired) electrons. The van der Waals surface area contributed by atoms with E-state index in [1.807, 2.05) is 0 Å². The Morgan fingerprint density at radius 3 is 1.71 bits per heavy atom. The maximum atomic E-state index is 12.2. The summed E-state index contributed by atoms with van der Waals surface area (Å²) in [5, 5.41) is 5.03. The van der Waals surface area contributed by atoms with Gasteiger partial charge in [0.1, 0.15) is 6.42 Å². The molecule has 146 valence electrons. The van der Waals surface area contributed by atoms with Crippen molar-refractivity contribution in [3.63, 3.8) is 0 Å². The summed E-state index contributed by atoms with van der Waals surface area (Å²) < 4.78 is 9.60. The quantitative estimate of drug-likeness (QED) is 0.561. The Morgan fingerprint density at radius 1 is 0.786 bits per heavy atom. The highest BCUT2D eigenvalue weighted by molar-refractivity contribution is 6.11. The Bertz CT molecular complexity index is 894. The van der Waals surface area contributed by atoms with Crippen molar-refractivity contribution in [1.82, 2.24) is 0 Å². The van der Waals surface area contributed by atoms with Crippen LogP contribution in [0, 0.1) is 0 Å². The van der Waals surface area contributed by atoms with Gasteiger partial charge < -0.3 is 20.1 Å². The maximum Gasteiger partial charge on any atom is 0.340 e. The predicted octanol–water partition coefficient (Wildman–Crippen LogP) is 2.62. The second-order valence-corrected chi connectivity index (χ2v) is 5.58. The standard InChI is InChI=1S/C20H20N2O6/c1-3-28-20(26)14-9-5-7-11-16(14)22-18(24)12-17(23)21-15-10-6-4-8-13(15)19(25)27-2/h4-11H,3,12H2,1-2H3,(H,21,23)(H,22,24). The number of benzene rings is 2. The van der Waals surface area contributed by atoms with Crippen LogP contribution in [0.4, 0.5) is 11.4 Å². The molecule has 0 aliphatic heterocycles. The monoisotopic (exact) mass is 384 g/mol. The van der Waals surface area contributed by atoms with Crippen LogP contribution in [0.2, 0.25) is 0 Å². The molecule has 0 bridgehead atoms. The summed E-state index contributed by atoms with van der Waals surface area (Å²) in [7, 11) is 1.23. The Balaban J connectivity index is 2.04. The number of hydrogen-bond acceptors (Lipinski definition) is 6. The van der Waals surface area contributed by atoms with Gasteiger partial charge >= 0.3 is 11.9 Å². The number of amides is 2. The molecule has 0 aliphatic rings. The largest absolute Gasteiger partial charge is 0.465 e. The molecule has 2 amide bonds. The molecule has 0 spiro atoms. The Labute approximate surface area is 161 Å². The number of anilines is 2. The van der Waals surface area contributed by atoms with Crippen LogP contribution in [0.25, 0.3) is 0 Å². The third-order valence-electron chi connectivity index (χ3n) is 3.62. The molecule has 2 aromatic carbocycles. The van der Waals surface area contributed by atoms with Gasteiger partial charge in [0.05, 0.1) is 36.2 Å². The summed E-state index contributed by atoms with van der Waals surface area (Å²) >= 11 is 0. The number of methoxy groups -OCH3 is 1. The minimum atomic E-state index is -0.623. The number of ether oxygens (including phenoxy) is 2. The predicted molar refractivity (Wildman–Crippen MR) is 102 cm³/mol. The fourth-order valence-corrected chi connectivity index (χ4v) is 2.39. The first-order valence-electron chi connectivity index (χ1n) is 8.49. The van der Waals surface area contributed by atoms with Gasteiger partial charge in [-0.2, -0.15) is 0 Å². The average Bonchev–Trinajstić information content (AvgIpc) is 2.68. The maximum absolute atomic E-state index is 12.2. The van der Waals surface area contributed by atoms with E-state index in [4.69, 9.17) is 4.74 Å². The number of carbonyl (C=O) groups excluding carboxylic acids is 4. The van der Waals surface area contributed by atoms with Crippen LogP contribution in [-0.2, 0) is 19.1 Å². The molecule has 0 saturated carbocycles. The molecule has 2 rings (SSSR count). The lowest BCUT2D eigenvalue weighted by atomic mass is 10.1. The van der Waals surface area contributed by atoms with Gasteiger partial charge in [-0.3, -0.25) is 9.59 Å². The SMILES string of the molecule is CCOC(=O)c1ccccc1NC(=O)CC(=O)Nc1ccccc1C(=O)OC. The minimum Gasteiger partial charge on any atom is -0.465 e. The molecule has 8 nitrogen and oxygen atoms in total. The zero-order valence-corrected chi connectivity index (χ0v) is 15.5. The van der Waals surface area contributed by atoms with Crippen molar-refractivity contribution in [1.29, 1.82) is 0 Å². The number of hydrogen-bond donors (Lipinski definition) is 2. The van der Waals surface area contributed by atoms with Gasteiger partial charge in [-0.05, 0) is 31.2 Å². The van der Waals surface area contributed by atoms with Gasteiger partial charge in [-0.25, -0.2) is 9.59 Å². The van der Waals surface area contributed by atoms with Crippen molar-refractivity contribution in [2.75, 3.05) is 24.4 Å². The summed E-state index contributed by atoms with van der Waals surface area (Å²) in [6.07, 6.45) is -0.507. The number of rotatable bonds is 7. The first kappa shape index (κ1) is 20.6. The number of nitrogens with one attached hydrogen (secondary N) is 2. The van der Waals surface area contributed by atoms with Crippen LogP contribution >= 0.6 is 0 Å². The fourth-order valence-electron chi connectivity index (χ4n) is 2.39. The molecule has 0 saturated heterocycles. The zero-order valence-electron chi connectivity index (χ0n) is 15.5. The number of para-hydroxylation sites is 2. The molecule has 0 aromatic heterocycles. The van der Waals surface area contributed by atoms with Gasteiger partial charge in [-0.15, -0.1) is 0 Å². The lowest BCUT2D eigenvalue weighted by Crippen LogP contribution is -2.23. The van der Waals surface area contributed by atoms with E-state index < -0.39 is 30.2 Å². The van der Waals surface area contributed by atoms with E-state index >= 15 is 0 Å². The van der Waals surface area contributed by atoms with Crippen LogP contribution in [0.3, 0.4) is 0 Å². The highest BCUT2D eigenvalue weighted by Crippen LogP contribution is 2.18. The molecule has 28 heavy (non-hydrogen) atoms. The van der Waals surface area contributed by atoms with E-state index in [9.17, 15) is 19.2 Å². The summed E-state index contributed by atoms with van der Waals surface area (Å²) in [6.45, 7) is 1.87. The molecular formula is C20H20N2O6. The first-order valence-corrected chi connectivity index (χ1v) is 8.49. The highest BCUT2D eigenvalue weighted by atomic mass is 16.5. The van der Waals surface area contributed by atoms with E-state index in [1.165, 1.54) is 31.4 Å². The van der Waals surface area contributed by atoms with E-state index in [0.29, 0.717) is 0 Å².